The number of carbonyl (C=O) groups is 3. The predicted octanol–water partition coefficient (Wildman–Crippen LogP) is 2.20. The van der Waals surface area contributed by atoms with E-state index in [4.69, 9.17) is 9.47 Å². The van der Waals surface area contributed by atoms with E-state index in [1.54, 1.807) is 35.0 Å². The number of hydrogen-bond acceptors (Lipinski definition) is 5. The van der Waals surface area contributed by atoms with E-state index in [1.165, 1.54) is 0 Å². The van der Waals surface area contributed by atoms with E-state index in [2.05, 4.69) is 5.32 Å². The third kappa shape index (κ3) is 2.95. The highest BCUT2D eigenvalue weighted by Crippen LogP contribution is 2.32. The molecule has 0 unspecified atom stereocenters. The molecule has 0 aromatic heterocycles. The number of amides is 3. The van der Waals surface area contributed by atoms with Crippen molar-refractivity contribution in [2.75, 3.05) is 32.0 Å². The number of likely N-dealkylation sites (tertiary alicyclic amines) is 1. The summed E-state index contributed by atoms with van der Waals surface area (Å²) in [4.78, 5) is 39.2. The molecule has 1 spiro atoms. The van der Waals surface area contributed by atoms with Gasteiger partial charge in [0.2, 0.25) is 0 Å². The van der Waals surface area contributed by atoms with Crippen molar-refractivity contribution in [3.63, 3.8) is 0 Å². The number of anilines is 1. The van der Waals surface area contributed by atoms with Gasteiger partial charge in [-0.05, 0) is 31.0 Å². The number of ether oxygens (including phenoxy) is 2. The molecule has 4 rings (SSSR count). The molecule has 2 saturated heterocycles. The van der Waals surface area contributed by atoms with E-state index in [1.807, 2.05) is 0 Å². The summed E-state index contributed by atoms with van der Waals surface area (Å²) >= 11 is 0. The van der Waals surface area contributed by atoms with Crippen LogP contribution in [-0.2, 0) is 16.1 Å². The molecule has 3 amide bonds. The van der Waals surface area contributed by atoms with Crippen LogP contribution < -0.4 is 5.32 Å². The number of fused-ring (bicyclic) bond motifs is 1. The van der Waals surface area contributed by atoms with Gasteiger partial charge in [0.1, 0.15) is 12.2 Å². The van der Waals surface area contributed by atoms with Gasteiger partial charge in [-0.25, -0.2) is 14.4 Å². The van der Waals surface area contributed by atoms with Crippen molar-refractivity contribution in [3.8, 4) is 0 Å². The van der Waals surface area contributed by atoms with Crippen molar-refractivity contribution in [1.29, 1.82) is 0 Å². The summed E-state index contributed by atoms with van der Waals surface area (Å²) in [5.74, 6) is -0.327. The molecule has 0 radical (unpaired) electrons. The molecule has 0 aliphatic carbocycles. The van der Waals surface area contributed by atoms with Gasteiger partial charge in [-0.3, -0.25) is 0 Å². The largest absolute Gasteiger partial charge is 0.457 e. The van der Waals surface area contributed by atoms with E-state index in [-0.39, 0.29) is 24.7 Å². The van der Waals surface area contributed by atoms with Crippen LogP contribution in [0.4, 0.5) is 15.3 Å². The molecule has 3 aliphatic rings. The van der Waals surface area contributed by atoms with Gasteiger partial charge in [0.05, 0.1) is 12.1 Å². The Hall–Kier alpha value is -2.77. The monoisotopic (exact) mass is 359 g/mol. The van der Waals surface area contributed by atoms with Crippen LogP contribution in [0.25, 0.3) is 0 Å². The van der Waals surface area contributed by atoms with Gasteiger partial charge in [-0.15, -0.1) is 0 Å². The lowest BCUT2D eigenvalue weighted by molar-refractivity contribution is 0.0453. The number of carbonyl (C=O) groups excluding carboxylic acids is 3. The van der Waals surface area contributed by atoms with Crippen molar-refractivity contribution in [1.82, 2.24) is 9.80 Å². The van der Waals surface area contributed by atoms with E-state index in [9.17, 15) is 14.4 Å². The van der Waals surface area contributed by atoms with E-state index in [0.717, 1.165) is 18.4 Å². The molecule has 3 aliphatic heterocycles. The molecule has 1 aromatic carbocycles. The molecule has 0 bridgehead atoms. The van der Waals surface area contributed by atoms with Gasteiger partial charge in [0.15, 0.2) is 0 Å². The fourth-order valence-corrected chi connectivity index (χ4v) is 3.84. The minimum absolute atomic E-state index is 0.190. The SMILES string of the molecule is CN1C[C@@]2(CCCN(C(=O)Nc3ccc4c(c3)COC4=O)CC2)OC1=O. The summed E-state index contributed by atoms with van der Waals surface area (Å²) in [6.45, 7) is 1.95. The zero-order valence-electron chi connectivity index (χ0n) is 14.6. The molecule has 8 heteroatoms. The third-order valence-corrected chi connectivity index (χ3v) is 5.26. The zero-order chi connectivity index (χ0) is 18.3. The van der Waals surface area contributed by atoms with Crippen molar-refractivity contribution in [2.45, 2.75) is 31.5 Å². The fraction of sp³-hybridized carbons (Fsp3) is 0.500. The maximum absolute atomic E-state index is 12.6. The minimum atomic E-state index is -0.480. The number of urea groups is 1. The average molecular weight is 359 g/mol. The smallest absolute Gasteiger partial charge is 0.410 e. The lowest BCUT2D eigenvalue weighted by Gasteiger charge is -2.25. The standard InChI is InChI=1S/C18H21N3O5/c1-20-11-18(26-17(20)24)5-2-7-21(8-6-18)16(23)19-13-3-4-14-12(9-13)10-25-15(14)22/h3-4,9H,2,5-8,10-11H2,1H3,(H,19,23)/t18-/m0/s1. The number of cyclic esters (lactones) is 1. The third-order valence-electron chi connectivity index (χ3n) is 5.26. The van der Waals surface area contributed by atoms with Crippen molar-refractivity contribution in [3.05, 3.63) is 29.3 Å². The normalized spacial score (nSPS) is 25.0. The molecule has 138 valence electrons. The van der Waals surface area contributed by atoms with E-state index >= 15 is 0 Å². The molecular formula is C18H21N3O5. The van der Waals surface area contributed by atoms with Crippen LogP contribution in [0.5, 0.6) is 0 Å². The highest BCUT2D eigenvalue weighted by Gasteiger charge is 2.44. The second-order valence-electron chi connectivity index (χ2n) is 7.13. The molecule has 1 N–H and O–H groups in total. The zero-order valence-corrected chi connectivity index (χ0v) is 14.6. The van der Waals surface area contributed by atoms with Gasteiger partial charge in [-0.2, -0.15) is 0 Å². The number of benzene rings is 1. The Kier molecular flexibility index (Phi) is 3.97. The lowest BCUT2D eigenvalue weighted by atomic mass is 9.95. The lowest BCUT2D eigenvalue weighted by Crippen LogP contribution is -2.38. The summed E-state index contributed by atoms with van der Waals surface area (Å²) in [5.41, 5.74) is 1.49. The Morgan fingerprint density at radius 2 is 2.08 bits per heavy atom. The maximum Gasteiger partial charge on any atom is 0.410 e. The van der Waals surface area contributed by atoms with Crippen molar-refractivity contribution < 1.29 is 23.9 Å². The van der Waals surface area contributed by atoms with Crippen LogP contribution >= 0.6 is 0 Å². The van der Waals surface area contributed by atoms with Crippen LogP contribution in [0.2, 0.25) is 0 Å². The van der Waals surface area contributed by atoms with Crippen LogP contribution in [-0.4, -0.2) is 60.2 Å². The second kappa shape index (κ2) is 6.19. The minimum Gasteiger partial charge on any atom is -0.457 e. The number of rotatable bonds is 1. The summed E-state index contributed by atoms with van der Waals surface area (Å²) < 4.78 is 10.6. The highest BCUT2D eigenvalue weighted by atomic mass is 16.6. The number of nitrogens with one attached hydrogen (secondary N) is 1. The number of likely N-dealkylation sites (N-methyl/N-ethyl adjacent to an activating group) is 1. The summed E-state index contributed by atoms with van der Waals surface area (Å²) in [6, 6.07) is 4.96. The van der Waals surface area contributed by atoms with Crippen molar-refractivity contribution >= 4 is 23.8 Å². The Morgan fingerprint density at radius 1 is 1.23 bits per heavy atom. The first-order chi connectivity index (χ1) is 12.5. The van der Waals surface area contributed by atoms with Crippen molar-refractivity contribution in [2.24, 2.45) is 0 Å². The Labute approximate surface area is 151 Å². The van der Waals surface area contributed by atoms with Crippen LogP contribution in [0.15, 0.2) is 18.2 Å². The molecule has 0 saturated carbocycles. The summed E-state index contributed by atoms with van der Waals surface area (Å²) in [6.07, 6.45) is 1.87. The van der Waals surface area contributed by atoms with E-state index < -0.39 is 5.60 Å². The highest BCUT2D eigenvalue weighted by molar-refractivity contribution is 5.95. The van der Waals surface area contributed by atoms with Gasteiger partial charge in [-0.1, -0.05) is 0 Å². The number of esters is 1. The van der Waals surface area contributed by atoms with Crippen LogP contribution in [0.1, 0.15) is 35.2 Å². The first-order valence-corrected chi connectivity index (χ1v) is 8.76. The first-order valence-electron chi connectivity index (χ1n) is 8.76. The maximum atomic E-state index is 12.6. The Bertz CT molecular complexity index is 780. The second-order valence-corrected chi connectivity index (χ2v) is 7.13. The Morgan fingerprint density at radius 3 is 2.85 bits per heavy atom. The van der Waals surface area contributed by atoms with Crippen LogP contribution in [0, 0.1) is 0 Å². The Balaban J connectivity index is 1.40. The predicted molar refractivity (Wildman–Crippen MR) is 91.8 cm³/mol. The van der Waals surface area contributed by atoms with Gasteiger partial charge in [0.25, 0.3) is 0 Å². The molecule has 8 nitrogen and oxygen atoms in total. The number of hydrogen-bond donors (Lipinski definition) is 1. The quantitative estimate of drug-likeness (QED) is 0.777. The van der Waals surface area contributed by atoms with Gasteiger partial charge in [0, 0.05) is 37.8 Å². The fourth-order valence-electron chi connectivity index (χ4n) is 3.84. The summed E-state index contributed by atoms with van der Waals surface area (Å²) in [7, 11) is 1.73. The average Bonchev–Trinajstić information content (AvgIpc) is 3.01. The van der Waals surface area contributed by atoms with Crippen LogP contribution in [0.3, 0.4) is 0 Å². The first kappa shape index (κ1) is 16.7. The summed E-state index contributed by atoms with van der Waals surface area (Å²) in [5, 5.41) is 2.88. The van der Waals surface area contributed by atoms with Gasteiger partial charge < -0.3 is 24.6 Å². The van der Waals surface area contributed by atoms with E-state index in [0.29, 0.717) is 37.3 Å². The molecule has 2 fully saturated rings. The molecular weight excluding hydrogens is 338 g/mol. The topological polar surface area (TPSA) is 88.2 Å². The number of nitrogens with zero attached hydrogens (tertiary/aromatic N) is 2. The molecule has 1 aromatic rings. The van der Waals surface area contributed by atoms with Gasteiger partial charge >= 0.3 is 18.1 Å². The molecule has 3 heterocycles. The molecule has 26 heavy (non-hydrogen) atoms. The molecule has 1 atom stereocenters.